The molecule has 2 aromatic rings. The van der Waals surface area contributed by atoms with Gasteiger partial charge < -0.3 is 0 Å². The standard InChI is InChI=1S/C14H15ClF3N3/c1-8-6-12(15)21-13(19-8)7-11(20-21)9-2-4-10(5-3-9)14(16,17)18/h6-7,9-10H,2-5H2,1H3. The highest BCUT2D eigenvalue weighted by Gasteiger charge is 2.41. The Morgan fingerprint density at radius 3 is 2.48 bits per heavy atom. The first-order valence-electron chi connectivity index (χ1n) is 6.94. The van der Waals surface area contributed by atoms with Crippen molar-refractivity contribution < 1.29 is 13.2 Å². The molecule has 21 heavy (non-hydrogen) atoms. The second-order valence-corrected chi connectivity index (χ2v) is 6.04. The Kier molecular flexibility index (Phi) is 3.59. The molecule has 0 bridgehead atoms. The zero-order valence-electron chi connectivity index (χ0n) is 11.5. The van der Waals surface area contributed by atoms with Gasteiger partial charge in [-0.15, -0.1) is 0 Å². The fourth-order valence-corrected chi connectivity index (χ4v) is 3.27. The lowest BCUT2D eigenvalue weighted by Gasteiger charge is -2.28. The largest absolute Gasteiger partial charge is 0.391 e. The zero-order chi connectivity index (χ0) is 15.2. The van der Waals surface area contributed by atoms with E-state index in [0.717, 1.165) is 11.4 Å². The van der Waals surface area contributed by atoms with Crippen molar-refractivity contribution in [1.82, 2.24) is 14.6 Å². The van der Waals surface area contributed by atoms with E-state index in [1.807, 2.05) is 13.0 Å². The van der Waals surface area contributed by atoms with Gasteiger partial charge in [-0.05, 0) is 38.7 Å². The van der Waals surface area contributed by atoms with Gasteiger partial charge in [0.1, 0.15) is 5.15 Å². The first-order chi connectivity index (χ1) is 9.84. The number of hydrogen-bond acceptors (Lipinski definition) is 2. The van der Waals surface area contributed by atoms with Crippen LogP contribution in [0.3, 0.4) is 0 Å². The summed E-state index contributed by atoms with van der Waals surface area (Å²) in [4.78, 5) is 4.34. The average Bonchev–Trinajstić information content (AvgIpc) is 2.82. The third-order valence-corrected chi connectivity index (χ3v) is 4.41. The van der Waals surface area contributed by atoms with E-state index in [2.05, 4.69) is 10.1 Å². The maximum absolute atomic E-state index is 12.7. The van der Waals surface area contributed by atoms with Gasteiger partial charge >= 0.3 is 6.18 Å². The van der Waals surface area contributed by atoms with Crippen molar-refractivity contribution in [2.45, 2.75) is 44.7 Å². The minimum absolute atomic E-state index is 0.0571. The van der Waals surface area contributed by atoms with Crippen molar-refractivity contribution in [3.8, 4) is 0 Å². The highest BCUT2D eigenvalue weighted by Crippen LogP contribution is 2.42. The van der Waals surface area contributed by atoms with E-state index >= 15 is 0 Å². The number of hydrogen-bond donors (Lipinski definition) is 0. The third kappa shape index (κ3) is 2.86. The fraction of sp³-hybridized carbons (Fsp3) is 0.571. The quantitative estimate of drug-likeness (QED) is 0.723. The topological polar surface area (TPSA) is 30.2 Å². The van der Waals surface area contributed by atoms with Crippen molar-refractivity contribution in [2.24, 2.45) is 5.92 Å². The highest BCUT2D eigenvalue weighted by atomic mass is 35.5. The van der Waals surface area contributed by atoms with Gasteiger partial charge in [0.15, 0.2) is 5.65 Å². The predicted molar refractivity (Wildman–Crippen MR) is 73.5 cm³/mol. The van der Waals surface area contributed by atoms with Crippen LogP contribution in [0.5, 0.6) is 0 Å². The molecule has 0 aliphatic heterocycles. The van der Waals surface area contributed by atoms with E-state index in [9.17, 15) is 13.2 Å². The lowest BCUT2D eigenvalue weighted by molar-refractivity contribution is -0.182. The molecule has 1 aliphatic carbocycles. The predicted octanol–water partition coefficient (Wildman–Crippen LogP) is 4.53. The normalized spacial score (nSPS) is 23.7. The lowest BCUT2D eigenvalue weighted by Crippen LogP contribution is -2.27. The summed E-state index contributed by atoms with van der Waals surface area (Å²) in [5.74, 6) is -1.11. The van der Waals surface area contributed by atoms with Crippen LogP contribution in [0, 0.1) is 12.8 Å². The Morgan fingerprint density at radius 2 is 1.86 bits per heavy atom. The van der Waals surface area contributed by atoms with Crippen LogP contribution in [-0.4, -0.2) is 20.8 Å². The van der Waals surface area contributed by atoms with E-state index in [-0.39, 0.29) is 18.8 Å². The summed E-state index contributed by atoms with van der Waals surface area (Å²) < 4.78 is 39.6. The summed E-state index contributed by atoms with van der Waals surface area (Å²) in [6.07, 6.45) is -2.73. The van der Waals surface area contributed by atoms with Gasteiger partial charge in [0.2, 0.25) is 0 Å². The highest BCUT2D eigenvalue weighted by molar-refractivity contribution is 6.29. The van der Waals surface area contributed by atoms with Gasteiger partial charge in [0, 0.05) is 17.7 Å². The van der Waals surface area contributed by atoms with E-state index in [1.165, 1.54) is 0 Å². The summed E-state index contributed by atoms with van der Waals surface area (Å²) in [5.41, 5.74) is 2.23. The maximum Gasteiger partial charge on any atom is 0.391 e. The third-order valence-electron chi connectivity index (χ3n) is 4.14. The minimum atomic E-state index is -4.08. The van der Waals surface area contributed by atoms with Crippen LogP contribution < -0.4 is 0 Å². The van der Waals surface area contributed by atoms with Gasteiger partial charge in [-0.25, -0.2) is 9.50 Å². The Labute approximate surface area is 125 Å². The summed E-state index contributed by atoms with van der Waals surface area (Å²) in [6.45, 7) is 1.84. The number of aromatic nitrogens is 3. The van der Waals surface area contributed by atoms with Crippen molar-refractivity contribution in [2.75, 3.05) is 0 Å². The molecule has 2 heterocycles. The van der Waals surface area contributed by atoms with E-state index in [1.54, 1.807) is 10.6 Å². The Balaban J connectivity index is 1.81. The molecule has 0 spiro atoms. The van der Waals surface area contributed by atoms with Crippen LogP contribution >= 0.6 is 11.6 Å². The molecule has 3 nitrogen and oxygen atoms in total. The Bertz CT molecular complexity index is 657. The van der Waals surface area contributed by atoms with Crippen LogP contribution in [0.1, 0.15) is 43.0 Å². The molecule has 0 saturated heterocycles. The molecule has 0 N–H and O–H groups in total. The molecule has 0 aromatic carbocycles. The molecule has 7 heteroatoms. The summed E-state index contributed by atoms with van der Waals surface area (Å²) in [5, 5.41) is 4.87. The average molecular weight is 318 g/mol. The van der Waals surface area contributed by atoms with Gasteiger partial charge in [0.05, 0.1) is 11.6 Å². The molecule has 3 rings (SSSR count). The summed E-state index contributed by atoms with van der Waals surface area (Å²) >= 11 is 6.11. The van der Waals surface area contributed by atoms with E-state index in [0.29, 0.717) is 23.6 Å². The summed E-state index contributed by atoms with van der Waals surface area (Å²) in [7, 11) is 0. The number of halogens is 4. The molecule has 1 saturated carbocycles. The molecular weight excluding hydrogens is 303 g/mol. The summed E-state index contributed by atoms with van der Waals surface area (Å²) in [6, 6.07) is 3.54. The molecular formula is C14H15ClF3N3. The van der Waals surface area contributed by atoms with Gasteiger partial charge in [-0.3, -0.25) is 0 Å². The molecule has 0 unspecified atom stereocenters. The molecule has 1 aliphatic rings. The molecule has 0 amide bonds. The second kappa shape index (κ2) is 5.16. The Morgan fingerprint density at radius 1 is 1.19 bits per heavy atom. The number of alkyl halides is 3. The number of rotatable bonds is 1. The van der Waals surface area contributed by atoms with Crippen LogP contribution in [0.4, 0.5) is 13.2 Å². The van der Waals surface area contributed by atoms with Crippen molar-refractivity contribution in [3.05, 3.63) is 28.7 Å². The Hall–Kier alpha value is -1.30. The van der Waals surface area contributed by atoms with Crippen molar-refractivity contribution >= 4 is 17.2 Å². The zero-order valence-corrected chi connectivity index (χ0v) is 12.2. The number of aryl methyl sites for hydroxylation is 1. The van der Waals surface area contributed by atoms with E-state index in [4.69, 9.17) is 11.6 Å². The molecule has 114 valence electrons. The van der Waals surface area contributed by atoms with Crippen LogP contribution in [0.15, 0.2) is 12.1 Å². The molecule has 0 atom stereocenters. The first-order valence-corrected chi connectivity index (χ1v) is 7.32. The monoisotopic (exact) mass is 317 g/mol. The fourth-order valence-electron chi connectivity index (χ4n) is 2.99. The number of fused-ring (bicyclic) bond motifs is 1. The van der Waals surface area contributed by atoms with Crippen LogP contribution in [0.2, 0.25) is 5.15 Å². The molecule has 1 fully saturated rings. The van der Waals surface area contributed by atoms with E-state index < -0.39 is 12.1 Å². The van der Waals surface area contributed by atoms with Crippen molar-refractivity contribution in [1.29, 1.82) is 0 Å². The SMILES string of the molecule is Cc1cc(Cl)n2nc(C3CCC(C(F)(F)F)CC3)cc2n1. The van der Waals surface area contributed by atoms with Crippen molar-refractivity contribution in [3.63, 3.8) is 0 Å². The maximum atomic E-state index is 12.7. The molecule has 2 aromatic heterocycles. The number of nitrogens with zero attached hydrogens (tertiary/aromatic N) is 3. The smallest absolute Gasteiger partial charge is 0.234 e. The van der Waals surface area contributed by atoms with Gasteiger partial charge in [-0.2, -0.15) is 18.3 Å². The minimum Gasteiger partial charge on any atom is -0.234 e. The second-order valence-electron chi connectivity index (χ2n) is 5.65. The van der Waals surface area contributed by atoms with Crippen LogP contribution in [-0.2, 0) is 0 Å². The van der Waals surface area contributed by atoms with Gasteiger partial charge in [0.25, 0.3) is 0 Å². The lowest BCUT2D eigenvalue weighted by atomic mass is 9.80. The van der Waals surface area contributed by atoms with Gasteiger partial charge in [-0.1, -0.05) is 11.6 Å². The first kappa shape index (κ1) is 14.6. The van der Waals surface area contributed by atoms with Crippen LogP contribution in [0.25, 0.3) is 5.65 Å². The molecule has 0 radical (unpaired) electrons.